The van der Waals surface area contributed by atoms with Gasteiger partial charge in [0.2, 0.25) is 0 Å². The van der Waals surface area contributed by atoms with E-state index in [4.69, 9.17) is 14.2 Å². The van der Waals surface area contributed by atoms with Crippen molar-refractivity contribution in [3.63, 3.8) is 0 Å². The largest absolute Gasteiger partial charge is 0.493 e. The van der Waals surface area contributed by atoms with Gasteiger partial charge >= 0.3 is 5.97 Å². The van der Waals surface area contributed by atoms with Gasteiger partial charge in [-0.3, -0.25) is 4.79 Å². The third-order valence-corrected chi connectivity index (χ3v) is 6.24. The van der Waals surface area contributed by atoms with Gasteiger partial charge in [-0.05, 0) is 60.3 Å². The fourth-order valence-electron chi connectivity index (χ4n) is 5.06. The highest BCUT2D eigenvalue weighted by Gasteiger charge is 2.42. The van der Waals surface area contributed by atoms with Crippen molar-refractivity contribution in [2.24, 2.45) is 5.92 Å². The average Bonchev–Trinajstić information content (AvgIpc) is 2.73. The van der Waals surface area contributed by atoms with Crippen LogP contribution in [0.3, 0.4) is 0 Å². The molecular formula is C23H26O4. The Labute approximate surface area is 160 Å². The summed E-state index contributed by atoms with van der Waals surface area (Å²) in [5.74, 6) is 1.92. The molecule has 2 aliphatic rings. The molecule has 2 aromatic carbocycles. The summed E-state index contributed by atoms with van der Waals surface area (Å²) in [6.07, 6.45) is 3.55. The SMILES string of the molecule is COC(=O)[C@@H]1CCc2cc(OC)c(OC)c3c2[C@@H]1C[C@H](c1ccccc1)C3. The first-order valence-corrected chi connectivity index (χ1v) is 9.57. The summed E-state index contributed by atoms with van der Waals surface area (Å²) in [6, 6.07) is 12.7. The van der Waals surface area contributed by atoms with Crippen molar-refractivity contribution in [1.82, 2.24) is 0 Å². The fourth-order valence-corrected chi connectivity index (χ4v) is 5.06. The average molecular weight is 366 g/mol. The van der Waals surface area contributed by atoms with Crippen molar-refractivity contribution in [2.45, 2.75) is 37.5 Å². The second kappa shape index (κ2) is 7.26. The molecule has 0 radical (unpaired) electrons. The van der Waals surface area contributed by atoms with Crippen molar-refractivity contribution < 1.29 is 19.0 Å². The first-order valence-electron chi connectivity index (χ1n) is 9.57. The fraction of sp³-hybridized carbons (Fsp3) is 0.435. The van der Waals surface area contributed by atoms with E-state index in [2.05, 4.69) is 30.3 Å². The van der Waals surface area contributed by atoms with Crippen LogP contribution in [0.25, 0.3) is 0 Å². The van der Waals surface area contributed by atoms with E-state index in [9.17, 15) is 4.79 Å². The van der Waals surface area contributed by atoms with Crippen LogP contribution in [0.5, 0.6) is 11.5 Å². The first-order chi connectivity index (χ1) is 13.2. The molecular weight excluding hydrogens is 340 g/mol. The van der Waals surface area contributed by atoms with Gasteiger partial charge in [-0.25, -0.2) is 0 Å². The van der Waals surface area contributed by atoms with Crippen LogP contribution in [0.4, 0.5) is 0 Å². The summed E-state index contributed by atoms with van der Waals surface area (Å²) in [5.41, 5.74) is 5.09. The topological polar surface area (TPSA) is 44.8 Å². The minimum atomic E-state index is -0.0971. The molecule has 0 amide bonds. The van der Waals surface area contributed by atoms with Crippen LogP contribution in [0.2, 0.25) is 0 Å². The lowest BCUT2D eigenvalue weighted by molar-refractivity contribution is -0.147. The van der Waals surface area contributed by atoms with E-state index in [0.717, 1.165) is 37.2 Å². The third kappa shape index (κ3) is 2.97. The third-order valence-electron chi connectivity index (χ3n) is 6.24. The van der Waals surface area contributed by atoms with Crippen LogP contribution < -0.4 is 9.47 Å². The minimum absolute atomic E-state index is 0.0918. The number of ether oxygens (including phenoxy) is 3. The van der Waals surface area contributed by atoms with Gasteiger partial charge in [0.25, 0.3) is 0 Å². The Morgan fingerprint density at radius 2 is 1.85 bits per heavy atom. The zero-order chi connectivity index (χ0) is 19.0. The summed E-state index contributed by atoms with van der Waals surface area (Å²) in [7, 11) is 4.87. The Bertz CT molecular complexity index is 843. The molecule has 4 rings (SSSR count). The van der Waals surface area contributed by atoms with Crippen molar-refractivity contribution >= 4 is 5.97 Å². The van der Waals surface area contributed by atoms with E-state index in [1.807, 2.05) is 6.07 Å². The molecule has 2 aliphatic carbocycles. The summed E-state index contributed by atoms with van der Waals surface area (Å²) in [4.78, 5) is 12.5. The van der Waals surface area contributed by atoms with E-state index in [1.165, 1.54) is 29.4 Å². The molecule has 142 valence electrons. The van der Waals surface area contributed by atoms with Gasteiger partial charge in [-0.1, -0.05) is 30.3 Å². The molecule has 0 N–H and O–H groups in total. The molecule has 0 saturated heterocycles. The maximum absolute atomic E-state index is 12.5. The summed E-state index contributed by atoms with van der Waals surface area (Å²) in [5, 5.41) is 0. The van der Waals surface area contributed by atoms with Crippen LogP contribution in [0.1, 0.15) is 46.9 Å². The molecule has 0 spiro atoms. The van der Waals surface area contributed by atoms with Crippen molar-refractivity contribution in [2.75, 3.05) is 21.3 Å². The zero-order valence-corrected chi connectivity index (χ0v) is 16.2. The number of esters is 1. The highest BCUT2D eigenvalue weighted by atomic mass is 16.5. The molecule has 0 heterocycles. The lowest BCUT2D eigenvalue weighted by Crippen LogP contribution is -2.33. The number of benzene rings is 2. The van der Waals surface area contributed by atoms with Gasteiger partial charge in [-0.15, -0.1) is 0 Å². The van der Waals surface area contributed by atoms with Crippen molar-refractivity contribution in [1.29, 1.82) is 0 Å². The Hall–Kier alpha value is -2.49. The molecule has 0 unspecified atom stereocenters. The van der Waals surface area contributed by atoms with Crippen LogP contribution in [0.15, 0.2) is 36.4 Å². The number of aryl methyl sites for hydroxylation is 1. The van der Waals surface area contributed by atoms with Crippen LogP contribution in [0, 0.1) is 5.92 Å². The quantitative estimate of drug-likeness (QED) is 0.759. The van der Waals surface area contributed by atoms with Crippen LogP contribution in [-0.2, 0) is 22.4 Å². The monoisotopic (exact) mass is 366 g/mol. The number of carbonyl (C=O) groups excluding carboxylic acids is 1. The molecule has 0 fully saturated rings. The smallest absolute Gasteiger partial charge is 0.309 e. The number of hydrogen-bond acceptors (Lipinski definition) is 4. The first kappa shape index (κ1) is 17.9. The maximum Gasteiger partial charge on any atom is 0.309 e. The molecule has 4 nitrogen and oxygen atoms in total. The van der Waals surface area contributed by atoms with E-state index in [0.29, 0.717) is 5.92 Å². The summed E-state index contributed by atoms with van der Waals surface area (Å²) in [6.45, 7) is 0. The zero-order valence-electron chi connectivity index (χ0n) is 16.2. The van der Waals surface area contributed by atoms with E-state index >= 15 is 0 Å². The molecule has 4 heteroatoms. The Morgan fingerprint density at radius 1 is 1.07 bits per heavy atom. The molecule has 0 aromatic heterocycles. The minimum Gasteiger partial charge on any atom is -0.493 e. The van der Waals surface area contributed by atoms with E-state index in [-0.39, 0.29) is 17.8 Å². The van der Waals surface area contributed by atoms with E-state index < -0.39 is 0 Å². The molecule has 27 heavy (non-hydrogen) atoms. The van der Waals surface area contributed by atoms with Crippen molar-refractivity contribution in [3.8, 4) is 11.5 Å². The van der Waals surface area contributed by atoms with Crippen molar-refractivity contribution in [3.05, 3.63) is 58.7 Å². The Morgan fingerprint density at radius 3 is 2.52 bits per heavy atom. The molecule has 0 aliphatic heterocycles. The molecule has 0 bridgehead atoms. The van der Waals surface area contributed by atoms with Crippen LogP contribution in [-0.4, -0.2) is 27.3 Å². The number of carbonyl (C=O) groups is 1. The second-order valence-electron chi connectivity index (χ2n) is 7.49. The Kier molecular flexibility index (Phi) is 4.81. The molecule has 0 saturated carbocycles. The number of rotatable bonds is 4. The van der Waals surface area contributed by atoms with Gasteiger partial charge in [0, 0.05) is 5.56 Å². The number of methoxy groups -OCH3 is 3. The molecule has 3 atom stereocenters. The highest BCUT2D eigenvalue weighted by molar-refractivity contribution is 5.75. The van der Waals surface area contributed by atoms with Gasteiger partial charge < -0.3 is 14.2 Å². The standard InChI is InChI=1S/C23H26O4/c1-25-20-13-15-9-10-17(23(24)27-3)18-11-16(14-7-5-4-6-8-14)12-19(21(15)18)22(20)26-2/h4-8,13,16-18H,9-12H2,1-3H3/t16-,17+,18+/m0/s1. The van der Waals surface area contributed by atoms with E-state index in [1.54, 1.807) is 14.2 Å². The lowest BCUT2D eigenvalue weighted by atomic mass is 9.64. The summed E-state index contributed by atoms with van der Waals surface area (Å²) >= 11 is 0. The Balaban J connectivity index is 1.87. The number of hydrogen-bond donors (Lipinski definition) is 0. The van der Waals surface area contributed by atoms with Gasteiger partial charge in [-0.2, -0.15) is 0 Å². The maximum atomic E-state index is 12.5. The predicted octanol–water partition coefficient (Wildman–Crippen LogP) is 4.25. The highest BCUT2D eigenvalue weighted by Crippen LogP contribution is 2.53. The van der Waals surface area contributed by atoms with Gasteiger partial charge in [0.1, 0.15) is 0 Å². The molecule has 2 aromatic rings. The lowest BCUT2D eigenvalue weighted by Gasteiger charge is -2.41. The van der Waals surface area contributed by atoms with Gasteiger partial charge in [0.05, 0.1) is 27.2 Å². The predicted molar refractivity (Wildman–Crippen MR) is 104 cm³/mol. The van der Waals surface area contributed by atoms with Gasteiger partial charge in [0.15, 0.2) is 11.5 Å². The van der Waals surface area contributed by atoms with Crippen LogP contribution >= 0.6 is 0 Å². The summed E-state index contributed by atoms with van der Waals surface area (Å²) < 4.78 is 16.5. The second-order valence-corrected chi connectivity index (χ2v) is 7.49. The normalized spacial score (nSPS) is 23.3.